The molecule has 12 nitrogen and oxygen atoms in total. The number of aryl methyl sites for hydroxylation is 1. The van der Waals surface area contributed by atoms with Crippen LogP contribution in [0.15, 0.2) is 4.52 Å². The topological polar surface area (TPSA) is 155 Å². The highest BCUT2D eigenvalue weighted by molar-refractivity contribution is 7.16. The maximum atomic E-state index is 11.3. The quantitative estimate of drug-likeness (QED) is 0.298. The average Bonchev–Trinajstić information content (AvgIpc) is 3.87. The fourth-order valence-electron chi connectivity index (χ4n) is 9.37. The average molecular weight is 670 g/mol. The van der Waals surface area contributed by atoms with Crippen LogP contribution in [0.25, 0.3) is 22.6 Å². The summed E-state index contributed by atoms with van der Waals surface area (Å²) in [7, 11) is 0. The van der Waals surface area contributed by atoms with Gasteiger partial charge in [0.2, 0.25) is 5.88 Å². The van der Waals surface area contributed by atoms with Crippen molar-refractivity contribution in [3.63, 3.8) is 0 Å². The number of rotatable bonds is 4. The molecule has 3 N–H and O–H groups in total. The molecule has 0 amide bonds. The van der Waals surface area contributed by atoms with Crippen LogP contribution < -0.4 is 15.4 Å². The van der Waals surface area contributed by atoms with Gasteiger partial charge in [0.1, 0.15) is 28.9 Å². The first kappa shape index (κ1) is 30.3. The van der Waals surface area contributed by atoms with Crippen LogP contribution in [-0.2, 0) is 18.3 Å². The van der Waals surface area contributed by atoms with Gasteiger partial charge in [-0.2, -0.15) is 5.26 Å². The smallest absolute Gasteiger partial charge is 0.246 e. The van der Waals surface area contributed by atoms with Gasteiger partial charge in [0.05, 0.1) is 28.7 Å². The molecule has 0 saturated carbocycles. The summed E-state index contributed by atoms with van der Waals surface area (Å²) in [6.07, 6.45) is 9.35. The number of nitriles is 1. The first-order chi connectivity index (χ1) is 23.2. The van der Waals surface area contributed by atoms with Gasteiger partial charge in [-0.1, -0.05) is 5.16 Å². The van der Waals surface area contributed by atoms with Crippen molar-refractivity contribution in [1.82, 2.24) is 29.8 Å². The monoisotopic (exact) mass is 669 g/mol. The van der Waals surface area contributed by atoms with Crippen molar-refractivity contribution in [1.29, 1.82) is 5.26 Å². The molecule has 9 rings (SSSR count). The number of aromatic nitrogens is 5. The van der Waals surface area contributed by atoms with Crippen LogP contribution in [0.5, 0.6) is 5.88 Å². The number of anilines is 2. The highest BCUT2D eigenvalue weighted by atomic mass is 32.1. The predicted octanol–water partition coefficient (Wildman–Crippen LogP) is 5.11. The molecule has 2 saturated heterocycles. The lowest BCUT2D eigenvalue weighted by atomic mass is 9.63. The number of aliphatic hydroxyl groups is 1. The standard InChI is InChI=1S/C35H43N9O3S/c1-19(42-14-4-5-15-42)20(2)44-32-25-31(43-18-34(3,45)13-10-21(43)17-46-33(25)40-44)38-30(39-32)27-22-8-6-11-35(28(22)47-41-27)12-7-9-24-26(35)23(16-36)29(37)48-24/h19-21,45H,4-15,17-18,37H2,1-3H3/t19-,20-,21+,34+,35-/m0/s1. The number of thiophene rings is 1. The van der Waals surface area contributed by atoms with Crippen molar-refractivity contribution in [3.8, 4) is 23.5 Å². The molecule has 4 aromatic rings. The van der Waals surface area contributed by atoms with Crippen LogP contribution in [0.3, 0.4) is 0 Å². The zero-order valence-corrected chi connectivity index (χ0v) is 28.8. The minimum absolute atomic E-state index is 0.0295. The van der Waals surface area contributed by atoms with Gasteiger partial charge in [0.15, 0.2) is 22.9 Å². The highest BCUT2D eigenvalue weighted by Crippen LogP contribution is 2.55. The Morgan fingerprint density at radius 3 is 2.67 bits per heavy atom. The fourth-order valence-corrected chi connectivity index (χ4v) is 10.5. The number of likely N-dealkylation sites (tertiary alicyclic amines) is 1. The Hall–Kier alpha value is -3.73. The normalized spacial score (nSPS) is 28.0. The number of hydrogen-bond acceptors (Lipinski definition) is 12. The van der Waals surface area contributed by atoms with E-state index in [0.29, 0.717) is 53.2 Å². The molecule has 5 atom stereocenters. The number of nitrogens with two attached hydrogens (primary N) is 1. The van der Waals surface area contributed by atoms with Crippen LogP contribution in [0.4, 0.5) is 10.8 Å². The van der Waals surface area contributed by atoms with E-state index in [1.54, 1.807) is 11.3 Å². The Balaban J connectivity index is 1.23. The molecule has 7 heterocycles. The molecule has 2 aliphatic carbocycles. The number of ether oxygens (including phenoxy) is 1. The van der Waals surface area contributed by atoms with Crippen molar-refractivity contribution in [2.75, 3.05) is 36.9 Å². The van der Waals surface area contributed by atoms with E-state index in [2.05, 4.69) is 29.7 Å². The van der Waals surface area contributed by atoms with E-state index in [9.17, 15) is 10.4 Å². The Labute approximate surface area is 283 Å². The maximum Gasteiger partial charge on any atom is 0.246 e. The molecule has 13 heteroatoms. The van der Waals surface area contributed by atoms with E-state index in [4.69, 9.17) is 35.2 Å². The number of nitrogens with zero attached hydrogens (tertiary/aromatic N) is 8. The number of hydrogen-bond donors (Lipinski definition) is 2. The third-order valence-electron chi connectivity index (χ3n) is 12.0. The van der Waals surface area contributed by atoms with E-state index >= 15 is 0 Å². The summed E-state index contributed by atoms with van der Waals surface area (Å²) in [6, 6.07) is 2.76. The zero-order valence-electron chi connectivity index (χ0n) is 28.0. The highest BCUT2D eigenvalue weighted by Gasteiger charge is 2.49. The molecule has 0 aromatic carbocycles. The second kappa shape index (κ2) is 10.9. The molecule has 4 aromatic heterocycles. The van der Waals surface area contributed by atoms with Crippen LogP contribution in [0.2, 0.25) is 0 Å². The third-order valence-corrected chi connectivity index (χ3v) is 13.1. The van der Waals surface area contributed by atoms with Gasteiger partial charge in [-0.05, 0) is 104 Å². The molecule has 1 spiro atoms. The molecule has 48 heavy (non-hydrogen) atoms. The lowest BCUT2D eigenvalue weighted by Crippen LogP contribution is -2.53. The fraction of sp³-hybridized carbons (Fsp3) is 0.629. The minimum Gasteiger partial charge on any atom is -0.474 e. The van der Waals surface area contributed by atoms with E-state index in [0.717, 1.165) is 86.1 Å². The summed E-state index contributed by atoms with van der Waals surface area (Å²) in [5.41, 5.74) is 9.15. The lowest BCUT2D eigenvalue weighted by Gasteiger charge is -2.42. The summed E-state index contributed by atoms with van der Waals surface area (Å²) in [5, 5.41) is 32.6. The summed E-state index contributed by atoms with van der Waals surface area (Å²) in [6.45, 7) is 9.47. The first-order valence-electron chi connectivity index (χ1n) is 17.7. The van der Waals surface area contributed by atoms with E-state index in [-0.39, 0.29) is 18.1 Å². The number of piperidine rings is 1. The van der Waals surface area contributed by atoms with Crippen LogP contribution in [0.1, 0.15) is 106 Å². The second-order valence-corrected chi connectivity index (χ2v) is 16.2. The Morgan fingerprint density at radius 2 is 1.88 bits per heavy atom. The van der Waals surface area contributed by atoms with Gasteiger partial charge in [0, 0.05) is 23.0 Å². The zero-order chi connectivity index (χ0) is 32.9. The second-order valence-electron chi connectivity index (χ2n) is 15.1. The molecule has 0 radical (unpaired) electrons. The van der Waals surface area contributed by atoms with Crippen molar-refractivity contribution < 1.29 is 14.4 Å². The number of fused-ring (bicyclic) bond motifs is 6. The van der Waals surface area contributed by atoms with E-state index < -0.39 is 11.0 Å². The summed E-state index contributed by atoms with van der Waals surface area (Å²) in [5.74, 6) is 2.62. The molecular formula is C35H43N9O3S. The van der Waals surface area contributed by atoms with Gasteiger partial charge in [-0.3, -0.25) is 4.90 Å². The predicted molar refractivity (Wildman–Crippen MR) is 182 cm³/mol. The van der Waals surface area contributed by atoms with Crippen molar-refractivity contribution in [2.24, 2.45) is 0 Å². The number of nitrogen functional groups attached to an aromatic ring is 1. The van der Waals surface area contributed by atoms with E-state index in [1.807, 2.05) is 11.6 Å². The molecular weight excluding hydrogens is 627 g/mol. The van der Waals surface area contributed by atoms with Crippen molar-refractivity contribution in [2.45, 2.75) is 114 Å². The molecule has 0 unspecified atom stereocenters. The van der Waals surface area contributed by atoms with Gasteiger partial charge in [-0.25, -0.2) is 14.6 Å². The van der Waals surface area contributed by atoms with Crippen molar-refractivity contribution in [3.05, 3.63) is 27.3 Å². The van der Waals surface area contributed by atoms with Gasteiger partial charge < -0.3 is 25.0 Å². The molecule has 252 valence electrons. The summed E-state index contributed by atoms with van der Waals surface area (Å²) < 4.78 is 14.8. The summed E-state index contributed by atoms with van der Waals surface area (Å²) >= 11 is 1.55. The molecule has 5 aliphatic rings. The van der Waals surface area contributed by atoms with Crippen molar-refractivity contribution >= 4 is 33.2 Å². The van der Waals surface area contributed by atoms with Gasteiger partial charge in [-0.15, -0.1) is 16.4 Å². The Morgan fingerprint density at radius 1 is 1.08 bits per heavy atom. The van der Waals surface area contributed by atoms with E-state index in [1.165, 1.54) is 17.7 Å². The molecule has 3 aliphatic heterocycles. The van der Waals surface area contributed by atoms with Crippen LogP contribution in [0, 0.1) is 11.3 Å². The Bertz CT molecular complexity index is 1960. The van der Waals surface area contributed by atoms with Crippen LogP contribution in [-0.4, -0.2) is 78.8 Å². The Kier molecular flexibility index (Phi) is 6.88. The van der Waals surface area contributed by atoms with Gasteiger partial charge in [0.25, 0.3) is 0 Å². The van der Waals surface area contributed by atoms with Gasteiger partial charge >= 0.3 is 0 Å². The maximum absolute atomic E-state index is 11.3. The minimum atomic E-state index is -0.856. The SMILES string of the molecule is C[C@@H]([C@H](C)n1nc2c3c(nc(-c4noc5c4CCC[C@@]54CCCc5sc(N)c(C#N)c54)nc31)N1C[C@](C)(O)CC[C@@H]1CO2)N1CCCC1. The molecule has 2 fully saturated rings. The largest absolute Gasteiger partial charge is 0.474 e. The third kappa shape index (κ3) is 4.38. The lowest BCUT2D eigenvalue weighted by molar-refractivity contribution is 0.0321. The first-order valence-corrected chi connectivity index (χ1v) is 18.5. The van der Waals surface area contributed by atoms with Crippen LogP contribution >= 0.6 is 11.3 Å². The summed E-state index contributed by atoms with van der Waals surface area (Å²) in [4.78, 5) is 16.5. The molecule has 0 bridgehead atoms.